The van der Waals surface area contributed by atoms with Crippen LogP contribution in [-0.4, -0.2) is 0 Å². The van der Waals surface area contributed by atoms with E-state index in [-0.39, 0.29) is 11.0 Å². The van der Waals surface area contributed by atoms with E-state index in [1.807, 2.05) is 0 Å². The normalized spacial score (nSPS) is 21.0. The Morgan fingerprint density at radius 1 is 0.923 bits per heavy atom. The van der Waals surface area contributed by atoms with E-state index in [1.54, 1.807) is 5.56 Å². The molecule has 0 spiro atoms. The van der Waals surface area contributed by atoms with Crippen molar-refractivity contribution in [1.29, 1.82) is 0 Å². The third-order valence-electron chi connectivity index (χ3n) is 7.63. The number of hydrogen-bond donors (Lipinski definition) is 0. The average Bonchev–Trinajstić information content (AvgIpc) is 2.66. The molecule has 1 nitrogen and oxygen atoms in total. The highest BCUT2D eigenvalue weighted by molar-refractivity contribution is 6.01. The zero-order chi connectivity index (χ0) is 18.3. The SMILES string of the molecule is CCC1(CC)C(C)c2cccc3c2-c2c4c(cccc4cc[n+]21)C3(C)C. The van der Waals surface area contributed by atoms with Crippen LogP contribution in [0.4, 0.5) is 0 Å². The largest absolute Gasteiger partial charge is 0.221 e. The number of aromatic nitrogens is 1. The Balaban J connectivity index is 2.08. The average molecular weight is 343 g/mol. The monoisotopic (exact) mass is 342 g/mol. The van der Waals surface area contributed by atoms with Gasteiger partial charge in [-0.25, -0.2) is 0 Å². The number of hydrogen-bond acceptors (Lipinski definition) is 0. The molecule has 2 aromatic carbocycles. The van der Waals surface area contributed by atoms with Gasteiger partial charge < -0.3 is 0 Å². The molecular weight excluding hydrogens is 314 g/mol. The molecule has 26 heavy (non-hydrogen) atoms. The standard InChI is InChI=1S/C25H28N/c1-6-25(7-2)16(3)18-11-9-13-20-22(18)23-21-17(14-15-26(23)25)10-8-12-19(21)24(20,4)5/h8-16H,6-7H2,1-5H3/q+1. The van der Waals surface area contributed by atoms with Crippen LogP contribution in [0.3, 0.4) is 0 Å². The van der Waals surface area contributed by atoms with Crippen molar-refractivity contribution >= 4 is 10.8 Å². The lowest BCUT2D eigenvalue weighted by atomic mass is 9.63. The van der Waals surface area contributed by atoms with Crippen LogP contribution in [0, 0.1) is 0 Å². The number of pyridine rings is 1. The van der Waals surface area contributed by atoms with Gasteiger partial charge in [-0.2, -0.15) is 4.57 Å². The van der Waals surface area contributed by atoms with Gasteiger partial charge in [-0.15, -0.1) is 0 Å². The summed E-state index contributed by atoms with van der Waals surface area (Å²) in [6.07, 6.45) is 4.68. The molecule has 0 radical (unpaired) electrons. The Kier molecular flexibility index (Phi) is 3.07. The molecule has 5 rings (SSSR count). The first-order valence-corrected chi connectivity index (χ1v) is 10.1. The molecule has 1 aliphatic carbocycles. The van der Waals surface area contributed by atoms with Crippen molar-refractivity contribution < 1.29 is 4.57 Å². The summed E-state index contributed by atoms with van der Waals surface area (Å²) in [6.45, 7) is 11.9. The first-order valence-electron chi connectivity index (χ1n) is 10.1. The van der Waals surface area contributed by atoms with E-state index in [0.717, 1.165) is 12.8 Å². The van der Waals surface area contributed by atoms with Gasteiger partial charge in [0.1, 0.15) is 0 Å². The Bertz CT molecular complexity index is 1050. The first kappa shape index (κ1) is 16.1. The van der Waals surface area contributed by atoms with E-state index in [2.05, 4.69) is 87.8 Å². The van der Waals surface area contributed by atoms with Gasteiger partial charge in [0.05, 0.1) is 10.9 Å². The van der Waals surface area contributed by atoms with Crippen molar-refractivity contribution in [3.05, 3.63) is 65.4 Å². The third-order valence-corrected chi connectivity index (χ3v) is 7.63. The van der Waals surface area contributed by atoms with Crippen LogP contribution in [0.5, 0.6) is 0 Å². The van der Waals surface area contributed by atoms with Crippen LogP contribution in [0.1, 0.15) is 70.1 Å². The summed E-state index contributed by atoms with van der Waals surface area (Å²) in [6, 6.07) is 16.2. The van der Waals surface area contributed by atoms with E-state index >= 15 is 0 Å². The van der Waals surface area contributed by atoms with Gasteiger partial charge in [0.25, 0.3) is 0 Å². The van der Waals surface area contributed by atoms with Crippen molar-refractivity contribution in [2.24, 2.45) is 0 Å². The van der Waals surface area contributed by atoms with Gasteiger partial charge in [-0.05, 0) is 22.1 Å². The van der Waals surface area contributed by atoms with Crippen LogP contribution >= 0.6 is 0 Å². The quantitative estimate of drug-likeness (QED) is 0.498. The van der Waals surface area contributed by atoms with Gasteiger partial charge in [0.2, 0.25) is 5.69 Å². The Morgan fingerprint density at radius 3 is 2.35 bits per heavy atom. The second-order valence-electron chi connectivity index (χ2n) is 8.73. The molecule has 1 atom stereocenters. The molecule has 2 aliphatic rings. The van der Waals surface area contributed by atoms with Crippen LogP contribution in [-0.2, 0) is 11.0 Å². The molecule has 1 aliphatic heterocycles. The van der Waals surface area contributed by atoms with Gasteiger partial charge in [0, 0.05) is 30.2 Å². The van der Waals surface area contributed by atoms with Crippen molar-refractivity contribution in [1.82, 2.24) is 0 Å². The Morgan fingerprint density at radius 2 is 1.62 bits per heavy atom. The topological polar surface area (TPSA) is 3.88 Å². The molecule has 2 heterocycles. The summed E-state index contributed by atoms with van der Waals surface area (Å²) in [4.78, 5) is 0. The van der Waals surface area contributed by atoms with E-state index in [0.29, 0.717) is 5.92 Å². The molecule has 0 bridgehead atoms. The molecule has 0 saturated carbocycles. The van der Waals surface area contributed by atoms with Gasteiger partial charge >= 0.3 is 0 Å². The van der Waals surface area contributed by atoms with Crippen LogP contribution < -0.4 is 4.57 Å². The lowest BCUT2D eigenvalue weighted by Gasteiger charge is -2.43. The van der Waals surface area contributed by atoms with Crippen LogP contribution in [0.15, 0.2) is 48.7 Å². The maximum absolute atomic E-state index is 2.64. The van der Waals surface area contributed by atoms with Gasteiger partial charge in [-0.1, -0.05) is 71.0 Å². The molecule has 1 heteroatoms. The minimum atomic E-state index is 0.0369. The minimum absolute atomic E-state index is 0.0369. The lowest BCUT2D eigenvalue weighted by molar-refractivity contribution is -0.761. The third kappa shape index (κ3) is 1.61. The fourth-order valence-electron chi connectivity index (χ4n) is 6.02. The summed E-state index contributed by atoms with van der Waals surface area (Å²) in [5, 5.41) is 2.84. The number of nitrogens with zero attached hydrogens (tertiary/aromatic N) is 1. The second kappa shape index (κ2) is 4.97. The fourth-order valence-corrected chi connectivity index (χ4v) is 6.02. The summed E-state index contributed by atoms with van der Waals surface area (Å²) in [5.74, 6) is 0.517. The molecule has 1 unspecified atom stereocenters. The summed E-state index contributed by atoms with van der Waals surface area (Å²) < 4.78 is 2.64. The molecule has 132 valence electrons. The molecular formula is C25H28N+. The predicted octanol–water partition coefficient (Wildman–Crippen LogP) is 6.07. The van der Waals surface area contributed by atoms with E-state index in [9.17, 15) is 0 Å². The van der Waals surface area contributed by atoms with Crippen molar-refractivity contribution in [3.8, 4) is 11.3 Å². The van der Waals surface area contributed by atoms with Gasteiger partial charge in [-0.3, -0.25) is 0 Å². The zero-order valence-corrected chi connectivity index (χ0v) is 16.6. The Labute approximate surface area is 156 Å². The van der Waals surface area contributed by atoms with E-state index < -0.39 is 0 Å². The highest BCUT2D eigenvalue weighted by Crippen LogP contribution is 2.54. The minimum Gasteiger partial charge on any atom is -0.192 e. The van der Waals surface area contributed by atoms with Crippen LogP contribution in [0.2, 0.25) is 0 Å². The maximum Gasteiger partial charge on any atom is 0.221 e. The van der Waals surface area contributed by atoms with Crippen molar-refractivity contribution in [2.45, 2.75) is 64.3 Å². The zero-order valence-electron chi connectivity index (χ0n) is 16.6. The van der Waals surface area contributed by atoms with E-state index in [4.69, 9.17) is 0 Å². The highest BCUT2D eigenvalue weighted by atomic mass is 15.1. The summed E-state index contributed by atoms with van der Waals surface area (Å²) in [7, 11) is 0. The Hall–Kier alpha value is -2.15. The molecule has 0 saturated heterocycles. The highest BCUT2D eigenvalue weighted by Gasteiger charge is 2.52. The predicted molar refractivity (Wildman–Crippen MR) is 109 cm³/mol. The van der Waals surface area contributed by atoms with Gasteiger partial charge in [0.15, 0.2) is 11.7 Å². The van der Waals surface area contributed by atoms with E-state index in [1.165, 1.54) is 33.2 Å². The molecule has 0 fully saturated rings. The summed E-state index contributed by atoms with van der Waals surface area (Å²) in [5.41, 5.74) is 7.67. The maximum atomic E-state index is 2.64. The lowest BCUT2D eigenvalue weighted by Crippen LogP contribution is -2.62. The fraction of sp³-hybridized carbons (Fsp3) is 0.400. The first-order chi connectivity index (χ1) is 12.5. The molecule has 0 N–H and O–H groups in total. The number of benzene rings is 2. The van der Waals surface area contributed by atoms with Crippen molar-refractivity contribution in [3.63, 3.8) is 0 Å². The smallest absolute Gasteiger partial charge is 0.192 e. The molecule has 0 amide bonds. The molecule has 1 aromatic heterocycles. The number of rotatable bonds is 2. The van der Waals surface area contributed by atoms with Crippen LogP contribution in [0.25, 0.3) is 22.0 Å². The second-order valence-corrected chi connectivity index (χ2v) is 8.73. The van der Waals surface area contributed by atoms with Crippen molar-refractivity contribution in [2.75, 3.05) is 0 Å². The summed E-state index contributed by atoms with van der Waals surface area (Å²) >= 11 is 0. The molecule has 3 aromatic rings.